The van der Waals surface area contributed by atoms with Gasteiger partial charge in [-0.2, -0.15) is 0 Å². The second kappa shape index (κ2) is 7.49. The van der Waals surface area contributed by atoms with E-state index in [2.05, 4.69) is 40.1 Å². The van der Waals surface area contributed by atoms with Crippen molar-refractivity contribution in [3.63, 3.8) is 0 Å². The van der Waals surface area contributed by atoms with Gasteiger partial charge in [0.25, 0.3) is 0 Å². The maximum absolute atomic E-state index is 12.5. The Kier molecular flexibility index (Phi) is 5.36. The molecule has 0 aliphatic carbocycles. The lowest BCUT2D eigenvalue weighted by Crippen LogP contribution is -2.57. The molecule has 1 aromatic heterocycles. The molecule has 1 fully saturated rings. The molecule has 1 aromatic carbocycles. The summed E-state index contributed by atoms with van der Waals surface area (Å²) in [5.74, 6) is 1.48. The molecule has 2 atom stereocenters. The maximum Gasteiger partial charge on any atom is 0.223 e. The first kappa shape index (κ1) is 17.2. The van der Waals surface area contributed by atoms with E-state index in [9.17, 15) is 4.79 Å². The molecule has 1 saturated heterocycles. The molecule has 128 valence electrons. The Bertz CT molecular complexity index is 716. The highest BCUT2D eigenvalue weighted by molar-refractivity contribution is 9.10. The summed E-state index contributed by atoms with van der Waals surface area (Å²) in [5.41, 5.74) is 0.965. The number of carbonyl (C=O) groups excluding carboxylic acids is 1. The highest BCUT2D eigenvalue weighted by Gasteiger charge is 2.27. The molecule has 24 heavy (non-hydrogen) atoms. The summed E-state index contributed by atoms with van der Waals surface area (Å²) in [6, 6.07) is 8.40. The first-order valence-electron chi connectivity index (χ1n) is 8.28. The van der Waals surface area contributed by atoms with Crippen LogP contribution in [-0.4, -0.2) is 41.0 Å². The number of aromatic nitrogens is 1. The summed E-state index contributed by atoms with van der Waals surface area (Å²) in [6.07, 6.45) is 2.66. The third kappa shape index (κ3) is 3.70. The molecule has 6 heteroatoms. The van der Waals surface area contributed by atoms with E-state index in [1.165, 1.54) is 0 Å². The van der Waals surface area contributed by atoms with Gasteiger partial charge < -0.3 is 14.6 Å². The molecule has 2 aromatic rings. The number of amides is 1. The zero-order valence-corrected chi connectivity index (χ0v) is 15.5. The van der Waals surface area contributed by atoms with Gasteiger partial charge in [-0.3, -0.25) is 4.79 Å². The molecular weight excluding hydrogens is 370 g/mol. The van der Waals surface area contributed by atoms with Crippen molar-refractivity contribution in [3.05, 3.63) is 40.8 Å². The summed E-state index contributed by atoms with van der Waals surface area (Å²) in [6.45, 7) is 5.81. The minimum absolute atomic E-state index is 0.163. The van der Waals surface area contributed by atoms with Crippen LogP contribution in [0.2, 0.25) is 0 Å². The first-order chi connectivity index (χ1) is 11.6. The Hall–Kier alpha value is -1.66. The van der Waals surface area contributed by atoms with Crippen molar-refractivity contribution in [1.82, 2.24) is 15.2 Å². The van der Waals surface area contributed by atoms with Crippen molar-refractivity contribution >= 4 is 21.8 Å². The smallest absolute Gasteiger partial charge is 0.223 e. The second-order valence-electron chi connectivity index (χ2n) is 6.17. The zero-order chi connectivity index (χ0) is 17.1. The van der Waals surface area contributed by atoms with Crippen molar-refractivity contribution in [2.45, 2.75) is 38.8 Å². The number of hydrogen-bond acceptors (Lipinski definition) is 4. The fourth-order valence-corrected chi connectivity index (χ4v) is 3.46. The topological polar surface area (TPSA) is 58.4 Å². The maximum atomic E-state index is 12.5. The van der Waals surface area contributed by atoms with Gasteiger partial charge in [-0.25, -0.2) is 4.98 Å². The van der Waals surface area contributed by atoms with Gasteiger partial charge in [-0.05, 0) is 19.9 Å². The minimum Gasteiger partial charge on any atom is -0.441 e. The molecule has 1 amide bonds. The van der Waals surface area contributed by atoms with E-state index in [-0.39, 0.29) is 11.9 Å². The van der Waals surface area contributed by atoms with E-state index >= 15 is 0 Å². The average Bonchev–Trinajstić information content (AvgIpc) is 3.04. The van der Waals surface area contributed by atoms with Crippen LogP contribution in [0.4, 0.5) is 0 Å². The van der Waals surface area contributed by atoms with E-state index in [1.807, 2.05) is 29.2 Å². The molecule has 5 nitrogen and oxygen atoms in total. The van der Waals surface area contributed by atoms with Crippen LogP contribution in [0.15, 0.2) is 39.4 Å². The number of halogens is 1. The summed E-state index contributed by atoms with van der Waals surface area (Å²) >= 11 is 3.51. The average molecular weight is 392 g/mol. The Morgan fingerprint density at radius 2 is 2.21 bits per heavy atom. The highest BCUT2D eigenvalue weighted by Crippen LogP contribution is 2.28. The van der Waals surface area contributed by atoms with Gasteiger partial charge in [0.2, 0.25) is 5.91 Å². The predicted molar refractivity (Wildman–Crippen MR) is 96.6 cm³/mol. The lowest BCUT2D eigenvalue weighted by atomic mass is 10.1. The quantitative estimate of drug-likeness (QED) is 0.868. The summed E-state index contributed by atoms with van der Waals surface area (Å²) in [7, 11) is 0. The fourth-order valence-electron chi connectivity index (χ4n) is 2.98. The van der Waals surface area contributed by atoms with Crippen LogP contribution in [0.3, 0.4) is 0 Å². The number of aryl methyl sites for hydroxylation is 1. The lowest BCUT2D eigenvalue weighted by molar-refractivity contribution is -0.134. The normalized spacial score (nSPS) is 21.0. The number of hydrogen-bond donors (Lipinski definition) is 1. The van der Waals surface area contributed by atoms with Gasteiger partial charge >= 0.3 is 0 Å². The van der Waals surface area contributed by atoms with Crippen molar-refractivity contribution in [2.24, 2.45) is 0 Å². The van der Waals surface area contributed by atoms with Crippen LogP contribution < -0.4 is 5.32 Å². The molecule has 2 heterocycles. The van der Waals surface area contributed by atoms with Gasteiger partial charge in [-0.15, -0.1) is 0 Å². The summed E-state index contributed by atoms with van der Waals surface area (Å²) in [5, 5.41) is 3.39. The predicted octanol–water partition coefficient (Wildman–Crippen LogP) is 3.25. The van der Waals surface area contributed by atoms with Crippen LogP contribution in [0.5, 0.6) is 0 Å². The second-order valence-corrected chi connectivity index (χ2v) is 7.02. The van der Waals surface area contributed by atoms with Crippen LogP contribution >= 0.6 is 15.9 Å². The number of carbonyl (C=O) groups is 1. The van der Waals surface area contributed by atoms with E-state index in [0.717, 1.165) is 23.1 Å². The SMILES string of the molecule is CC1NCCN(C(=O)CCc2ncc(-c3ccccc3Br)o2)C1C. The number of rotatable bonds is 4. The molecule has 1 N–H and O–H groups in total. The number of piperazine rings is 1. The number of oxazole rings is 1. The lowest BCUT2D eigenvalue weighted by Gasteiger charge is -2.38. The molecule has 0 radical (unpaired) electrons. The molecule has 1 aliphatic heterocycles. The fraction of sp³-hybridized carbons (Fsp3) is 0.444. The monoisotopic (exact) mass is 391 g/mol. The molecular formula is C18H22BrN3O2. The molecule has 0 bridgehead atoms. The molecule has 1 aliphatic rings. The number of nitrogens with one attached hydrogen (secondary N) is 1. The van der Waals surface area contributed by atoms with Crippen LogP contribution in [0, 0.1) is 0 Å². The van der Waals surface area contributed by atoms with Gasteiger partial charge in [-0.1, -0.05) is 34.1 Å². The number of benzene rings is 1. The Morgan fingerprint density at radius 3 is 3.00 bits per heavy atom. The van der Waals surface area contributed by atoms with Crippen molar-refractivity contribution in [1.29, 1.82) is 0 Å². The Morgan fingerprint density at radius 1 is 1.42 bits per heavy atom. The van der Waals surface area contributed by atoms with Crippen molar-refractivity contribution in [3.8, 4) is 11.3 Å². The van der Waals surface area contributed by atoms with E-state index in [4.69, 9.17) is 4.42 Å². The van der Waals surface area contributed by atoms with E-state index in [1.54, 1.807) is 6.20 Å². The largest absolute Gasteiger partial charge is 0.441 e. The zero-order valence-electron chi connectivity index (χ0n) is 14.0. The molecule has 3 rings (SSSR count). The molecule has 0 spiro atoms. The van der Waals surface area contributed by atoms with E-state index in [0.29, 0.717) is 30.5 Å². The third-order valence-electron chi connectivity index (χ3n) is 4.60. The van der Waals surface area contributed by atoms with Crippen molar-refractivity contribution in [2.75, 3.05) is 13.1 Å². The molecule has 0 saturated carbocycles. The highest BCUT2D eigenvalue weighted by atomic mass is 79.9. The van der Waals surface area contributed by atoms with Crippen molar-refractivity contribution < 1.29 is 9.21 Å². The first-order valence-corrected chi connectivity index (χ1v) is 9.08. The van der Waals surface area contributed by atoms with Crippen LogP contribution in [-0.2, 0) is 11.2 Å². The number of nitrogens with zero attached hydrogens (tertiary/aromatic N) is 2. The summed E-state index contributed by atoms with van der Waals surface area (Å²) < 4.78 is 6.78. The standard InChI is InChI=1S/C18H22BrN3O2/c1-12-13(2)22(10-9-20-12)18(23)8-7-17-21-11-16(24-17)14-5-3-4-6-15(14)19/h3-6,11-13,20H,7-10H2,1-2H3. The summed E-state index contributed by atoms with van der Waals surface area (Å²) in [4.78, 5) is 18.8. The van der Waals surface area contributed by atoms with Gasteiger partial charge in [0.1, 0.15) is 0 Å². The third-order valence-corrected chi connectivity index (χ3v) is 5.29. The van der Waals surface area contributed by atoms with Gasteiger partial charge in [0, 0.05) is 48.1 Å². The van der Waals surface area contributed by atoms with Crippen LogP contribution in [0.1, 0.15) is 26.2 Å². The van der Waals surface area contributed by atoms with Gasteiger partial charge in [0.05, 0.1) is 6.20 Å². The van der Waals surface area contributed by atoms with Crippen LogP contribution in [0.25, 0.3) is 11.3 Å². The Balaban J connectivity index is 1.61. The van der Waals surface area contributed by atoms with E-state index < -0.39 is 0 Å². The Labute approximate surface area is 150 Å². The van der Waals surface area contributed by atoms with Gasteiger partial charge in [0.15, 0.2) is 11.7 Å². The molecule has 2 unspecified atom stereocenters. The minimum atomic E-state index is 0.163.